The molecule has 0 fully saturated rings. The second kappa shape index (κ2) is 5.75. The largest absolute Gasteiger partial charge is 0.370 e. The molecule has 1 atom stereocenters. The van der Waals surface area contributed by atoms with Gasteiger partial charge in [0.25, 0.3) is 0 Å². The van der Waals surface area contributed by atoms with Gasteiger partial charge in [-0.25, -0.2) is 4.39 Å². The van der Waals surface area contributed by atoms with E-state index in [0.717, 1.165) is 0 Å². The number of benzene rings is 1. The third-order valence-corrected chi connectivity index (χ3v) is 2.18. The molecule has 1 aromatic rings. The van der Waals surface area contributed by atoms with Crippen molar-refractivity contribution in [2.24, 2.45) is 5.92 Å². The number of hydrogen-bond donors (Lipinski definition) is 0. The van der Waals surface area contributed by atoms with Gasteiger partial charge in [-0.3, -0.25) is 4.79 Å². The van der Waals surface area contributed by atoms with Crippen LogP contribution in [0, 0.1) is 11.7 Å². The van der Waals surface area contributed by atoms with Crippen molar-refractivity contribution in [1.82, 2.24) is 0 Å². The molecule has 3 heteroatoms. The normalized spacial score (nSPS) is 12.8. The molecular weight excluding hydrogens is 207 g/mol. The maximum atomic E-state index is 12.7. The molecule has 0 saturated carbocycles. The highest BCUT2D eigenvalue weighted by Gasteiger charge is 2.15. The fourth-order valence-electron chi connectivity index (χ4n) is 1.26. The second-order valence-electron chi connectivity index (χ2n) is 4.24. The SMILES string of the molecule is CC(C)COC(C)C(=O)c1ccc(F)cc1. The molecule has 0 radical (unpaired) electrons. The molecule has 88 valence electrons. The van der Waals surface area contributed by atoms with Gasteiger partial charge in [0.15, 0.2) is 5.78 Å². The summed E-state index contributed by atoms with van der Waals surface area (Å²) < 4.78 is 18.1. The summed E-state index contributed by atoms with van der Waals surface area (Å²) in [6.07, 6.45) is -0.479. The maximum absolute atomic E-state index is 12.7. The Hall–Kier alpha value is -1.22. The Morgan fingerprint density at radius 1 is 1.25 bits per heavy atom. The van der Waals surface area contributed by atoms with E-state index in [0.29, 0.717) is 18.1 Å². The van der Waals surface area contributed by atoms with Crippen molar-refractivity contribution < 1.29 is 13.9 Å². The van der Waals surface area contributed by atoms with Crippen molar-refractivity contribution in [3.63, 3.8) is 0 Å². The van der Waals surface area contributed by atoms with Crippen LogP contribution in [0.5, 0.6) is 0 Å². The summed E-state index contributed by atoms with van der Waals surface area (Å²) in [6.45, 7) is 6.31. The Bertz CT molecular complexity index is 343. The van der Waals surface area contributed by atoms with Crippen LogP contribution in [0.25, 0.3) is 0 Å². The van der Waals surface area contributed by atoms with Crippen LogP contribution in [0.4, 0.5) is 4.39 Å². The number of hydrogen-bond acceptors (Lipinski definition) is 2. The average Bonchev–Trinajstić information content (AvgIpc) is 2.26. The van der Waals surface area contributed by atoms with Gasteiger partial charge in [0, 0.05) is 12.2 Å². The van der Waals surface area contributed by atoms with Crippen molar-refractivity contribution in [2.45, 2.75) is 26.9 Å². The lowest BCUT2D eigenvalue weighted by Gasteiger charge is -2.13. The van der Waals surface area contributed by atoms with Gasteiger partial charge in [-0.1, -0.05) is 13.8 Å². The quantitative estimate of drug-likeness (QED) is 0.718. The first-order chi connectivity index (χ1) is 7.50. The highest BCUT2D eigenvalue weighted by molar-refractivity contribution is 5.99. The highest BCUT2D eigenvalue weighted by Crippen LogP contribution is 2.09. The molecule has 1 unspecified atom stereocenters. The second-order valence-corrected chi connectivity index (χ2v) is 4.24. The third-order valence-electron chi connectivity index (χ3n) is 2.18. The zero-order valence-corrected chi connectivity index (χ0v) is 9.87. The molecule has 2 nitrogen and oxygen atoms in total. The molecule has 0 heterocycles. The number of halogens is 1. The number of carbonyl (C=O) groups is 1. The van der Waals surface area contributed by atoms with Gasteiger partial charge in [-0.2, -0.15) is 0 Å². The fraction of sp³-hybridized carbons (Fsp3) is 0.462. The summed E-state index contributed by atoms with van der Waals surface area (Å²) in [6, 6.07) is 5.52. The van der Waals surface area contributed by atoms with Crippen LogP contribution >= 0.6 is 0 Å². The van der Waals surface area contributed by atoms with E-state index >= 15 is 0 Å². The first-order valence-electron chi connectivity index (χ1n) is 5.42. The molecule has 0 aliphatic heterocycles. The van der Waals surface area contributed by atoms with Crippen LogP contribution in [0.1, 0.15) is 31.1 Å². The summed E-state index contributed by atoms with van der Waals surface area (Å²) in [7, 11) is 0. The Labute approximate surface area is 95.4 Å². The third kappa shape index (κ3) is 3.74. The molecule has 0 aliphatic carbocycles. The predicted octanol–water partition coefficient (Wildman–Crippen LogP) is 3.07. The molecule has 0 saturated heterocycles. The summed E-state index contributed by atoms with van der Waals surface area (Å²) >= 11 is 0. The predicted molar refractivity (Wildman–Crippen MR) is 61.0 cm³/mol. The minimum Gasteiger partial charge on any atom is -0.370 e. The fourth-order valence-corrected chi connectivity index (χ4v) is 1.26. The van der Waals surface area contributed by atoms with Crippen LogP contribution in [0.2, 0.25) is 0 Å². The Kier molecular flexibility index (Phi) is 4.62. The van der Waals surface area contributed by atoms with E-state index < -0.39 is 6.10 Å². The molecule has 0 bridgehead atoms. The molecule has 0 amide bonds. The van der Waals surface area contributed by atoms with Crippen molar-refractivity contribution in [2.75, 3.05) is 6.61 Å². The topological polar surface area (TPSA) is 26.3 Å². The highest BCUT2D eigenvalue weighted by atomic mass is 19.1. The first-order valence-corrected chi connectivity index (χ1v) is 5.42. The zero-order valence-electron chi connectivity index (χ0n) is 9.87. The lowest BCUT2D eigenvalue weighted by molar-refractivity contribution is 0.0385. The Morgan fingerprint density at radius 2 is 1.81 bits per heavy atom. The number of rotatable bonds is 5. The number of Topliss-reactive ketones (excluding diaryl/α,β-unsaturated/α-hetero) is 1. The van der Waals surface area contributed by atoms with E-state index in [1.807, 2.05) is 13.8 Å². The molecule has 1 aromatic carbocycles. The summed E-state index contributed by atoms with van der Waals surface area (Å²) in [5.74, 6) is -0.0589. The van der Waals surface area contributed by atoms with E-state index in [9.17, 15) is 9.18 Å². The van der Waals surface area contributed by atoms with Crippen LogP contribution in [-0.2, 0) is 4.74 Å². The van der Waals surface area contributed by atoms with Crippen molar-refractivity contribution >= 4 is 5.78 Å². The Balaban J connectivity index is 2.60. The van der Waals surface area contributed by atoms with E-state index in [1.54, 1.807) is 6.92 Å². The molecule has 0 aromatic heterocycles. The molecule has 0 N–H and O–H groups in total. The first kappa shape index (κ1) is 12.8. The minimum absolute atomic E-state index is 0.111. The summed E-state index contributed by atoms with van der Waals surface area (Å²) in [5.41, 5.74) is 0.484. The maximum Gasteiger partial charge on any atom is 0.191 e. The summed E-state index contributed by atoms with van der Waals surface area (Å²) in [4.78, 5) is 11.8. The molecular formula is C13H17FO2. The Morgan fingerprint density at radius 3 is 2.31 bits per heavy atom. The zero-order chi connectivity index (χ0) is 12.1. The van der Waals surface area contributed by atoms with Crippen LogP contribution < -0.4 is 0 Å². The average molecular weight is 224 g/mol. The smallest absolute Gasteiger partial charge is 0.191 e. The van der Waals surface area contributed by atoms with E-state index in [4.69, 9.17) is 4.74 Å². The van der Waals surface area contributed by atoms with Gasteiger partial charge in [0.2, 0.25) is 0 Å². The van der Waals surface area contributed by atoms with Gasteiger partial charge >= 0.3 is 0 Å². The van der Waals surface area contributed by atoms with Gasteiger partial charge < -0.3 is 4.74 Å². The molecule has 1 rings (SSSR count). The standard InChI is InChI=1S/C13H17FO2/c1-9(2)8-16-10(3)13(15)11-4-6-12(14)7-5-11/h4-7,9-10H,8H2,1-3H3. The van der Waals surface area contributed by atoms with E-state index in [1.165, 1.54) is 24.3 Å². The van der Waals surface area contributed by atoms with Gasteiger partial charge in [0.05, 0.1) is 0 Å². The monoisotopic (exact) mass is 224 g/mol. The number of ether oxygens (including phenoxy) is 1. The van der Waals surface area contributed by atoms with Crippen LogP contribution in [0.15, 0.2) is 24.3 Å². The molecule has 16 heavy (non-hydrogen) atoms. The van der Waals surface area contributed by atoms with Gasteiger partial charge in [-0.05, 0) is 37.1 Å². The molecule has 0 spiro atoms. The van der Waals surface area contributed by atoms with Gasteiger partial charge in [0.1, 0.15) is 11.9 Å². The summed E-state index contributed by atoms with van der Waals surface area (Å²) in [5, 5.41) is 0. The van der Waals surface area contributed by atoms with E-state index in [2.05, 4.69) is 0 Å². The van der Waals surface area contributed by atoms with Crippen LogP contribution in [-0.4, -0.2) is 18.5 Å². The van der Waals surface area contributed by atoms with E-state index in [-0.39, 0.29) is 11.6 Å². The lowest BCUT2D eigenvalue weighted by atomic mass is 10.1. The van der Waals surface area contributed by atoms with Crippen molar-refractivity contribution in [3.8, 4) is 0 Å². The minimum atomic E-state index is -0.479. The van der Waals surface area contributed by atoms with Gasteiger partial charge in [-0.15, -0.1) is 0 Å². The van der Waals surface area contributed by atoms with Crippen molar-refractivity contribution in [3.05, 3.63) is 35.6 Å². The van der Waals surface area contributed by atoms with Crippen LogP contribution in [0.3, 0.4) is 0 Å². The lowest BCUT2D eigenvalue weighted by Crippen LogP contribution is -2.22. The number of carbonyl (C=O) groups excluding carboxylic acids is 1. The number of ketones is 1. The van der Waals surface area contributed by atoms with Crippen molar-refractivity contribution in [1.29, 1.82) is 0 Å². The molecule has 0 aliphatic rings.